The van der Waals surface area contributed by atoms with Crippen LogP contribution in [-0.4, -0.2) is 81.9 Å². The summed E-state index contributed by atoms with van der Waals surface area (Å²) in [6, 6.07) is 0. The fourth-order valence-electron chi connectivity index (χ4n) is 1.29. The van der Waals surface area contributed by atoms with Crippen molar-refractivity contribution in [3.63, 3.8) is 0 Å². The highest BCUT2D eigenvalue weighted by atomic mass is 32.2. The van der Waals surface area contributed by atoms with Crippen LogP contribution in [0.25, 0.3) is 0 Å². The van der Waals surface area contributed by atoms with Gasteiger partial charge in [-0.3, -0.25) is 4.79 Å². The first kappa shape index (κ1) is 17.3. The second kappa shape index (κ2) is 8.41. The van der Waals surface area contributed by atoms with E-state index in [1.165, 1.54) is 7.11 Å². The van der Waals surface area contributed by atoms with Gasteiger partial charge in [-0.05, 0) is 20.5 Å². The monoisotopic (exact) mass is 282 g/mol. The second-order valence-corrected chi connectivity index (χ2v) is 6.28. The first-order valence-electron chi connectivity index (χ1n) is 5.63. The molecule has 0 aromatic carbocycles. The topological polar surface area (TPSA) is 87.2 Å². The standard InChI is InChI=1S/C10H22N2O5S/c1-11(2)5-6-12(9-10(13)14)18(15,16)8-4-7-17-3/h4-9H2,1-3H3,(H,13,14). The predicted molar refractivity (Wildman–Crippen MR) is 68.0 cm³/mol. The largest absolute Gasteiger partial charge is 0.480 e. The molecule has 0 unspecified atom stereocenters. The SMILES string of the molecule is COCCCS(=O)(=O)N(CCN(C)C)CC(=O)O. The van der Waals surface area contributed by atoms with Crippen LogP contribution >= 0.6 is 0 Å². The summed E-state index contributed by atoms with van der Waals surface area (Å²) in [7, 11) is 1.56. The minimum atomic E-state index is -3.54. The zero-order valence-electron chi connectivity index (χ0n) is 11.1. The molecule has 0 spiro atoms. The van der Waals surface area contributed by atoms with Crippen LogP contribution in [-0.2, 0) is 19.6 Å². The summed E-state index contributed by atoms with van der Waals surface area (Å²) in [6.07, 6.45) is 0.358. The number of aliphatic carboxylic acids is 1. The van der Waals surface area contributed by atoms with Gasteiger partial charge < -0.3 is 14.7 Å². The van der Waals surface area contributed by atoms with Crippen LogP contribution in [0.4, 0.5) is 0 Å². The van der Waals surface area contributed by atoms with Crippen LogP contribution in [0.3, 0.4) is 0 Å². The molecule has 0 radical (unpaired) electrons. The predicted octanol–water partition coefficient (Wildman–Crippen LogP) is -0.699. The Morgan fingerprint density at radius 3 is 2.33 bits per heavy atom. The molecule has 0 aliphatic rings. The lowest BCUT2D eigenvalue weighted by atomic mass is 10.5. The van der Waals surface area contributed by atoms with E-state index in [9.17, 15) is 13.2 Å². The number of hydrogen-bond acceptors (Lipinski definition) is 5. The Morgan fingerprint density at radius 1 is 1.28 bits per heavy atom. The fraction of sp³-hybridized carbons (Fsp3) is 0.900. The second-order valence-electron chi connectivity index (χ2n) is 4.19. The van der Waals surface area contributed by atoms with Crippen molar-refractivity contribution in [2.45, 2.75) is 6.42 Å². The maximum atomic E-state index is 11.9. The van der Waals surface area contributed by atoms with E-state index >= 15 is 0 Å². The highest BCUT2D eigenvalue weighted by Gasteiger charge is 2.23. The smallest absolute Gasteiger partial charge is 0.318 e. The van der Waals surface area contributed by atoms with Gasteiger partial charge in [-0.2, -0.15) is 4.31 Å². The molecule has 0 fully saturated rings. The summed E-state index contributed by atoms with van der Waals surface area (Å²) >= 11 is 0. The molecule has 0 saturated carbocycles. The lowest BCUT2D eigenvalue weighted by molar-refractivity contribution is -0.137. The van der Waals surface area contributed by atoms with Crippen LogP contribution < -0.4 is 0 Å². The molecular formula is C10H22N2O5S. The van der Waals surface area contributed by atoms with E-state index in [2.05, 4.69) is 0 Å². The number of ether oxygens (including phenoxy) is 1. The van der Waals surface area contributed by atoms with Crippen LogP contribution in [0.5, 0.6) is 0 Å². The molecule has 0 amide bonds. The summed E-state index contributed by atoms with van der Waals surface area (Å²) in [5.74, 6) is -1.24. The van der Waals surface area contributed by atoms with Crippen molar-refractivity contribution >= 4 is 16.0 Å². The number of methoxy groups -OCH3 is 1. The van der Waals surface area contributed by atoms with Crippen LogP contribution in [0, 0.1) is 0 Å². The minimum absolute atomic E-state index is 0.0957. The van der Waals surface area contributed by atoms with Gasteiger partial charge in [-0.25, -0.2) is 8.42 Å². The third kappa shape index (κ3) is 7.59. The van der Waals surface area contributed by atoms with Crippen molar-refractivity contribution in [2.24, 2.45) is 0 Å². The van der Waals surface area contributed by atoms with Gasteiger partial charge in [0, 0.05) is 26.8 Å². The lowest BCUT2D eigenvalue weighted by Gasteiger charge is -2.22. The molecule has 0 heterocycles. The molecular weight excluding hydrogens is 260 g/mol. The first-order chi connectivity index (χ1) is 8.29. The Morgan fingerprint density at radius 2 is 1.89 bits per heavy atom. The molecule has 0 aliphatic carbocycles. The lowest BCUT2D eigenvalue weighted by Crippen LogP contribution is -2.41. The van der Waals surface area contributed by atoms with Crippen molar-refractivity contribution in [3.05, 3.63) is 0 Å². The number of rotatable bonds is 10. The number of nitrogens with zero attached hydrogens (tertiary/aromatic N) is 2. The van der Waals surface area contributed by atoms with Crippen LogP contribution in [0.1, 0.15) is 6.42 Å². The van der Waals surface area contributed by atoms with Gasteiger partial charge in [0.2, 0.25) is 10.0 Å². The quantitative estimate of drug-likeness (QED) is 0.533. The van der Waals surface area contributed by atoms with E-state index in [-0.39, 0.29) is 12.3 Å². The molecule has 0 aromatic rings. The van der Waals surface area contributed by atoms with Gasteiger partial charge in [-0.1, -0.05) is 0 Å². The Labute approximate surface area is 108 Å². The Hall–Kier alpha value is -0.700. The summed E-state index contributed by atoms with van der Waals surface area (Å²) in [5.41, 5.74) is 0. The van der Waals surface area contributed by atoms with E-state index in [4.69, 9.17) is 9.84 Å². The molecule has 0 atom stereocenters. The zero-order chi connectivity index (χ0) is 14.2. The number of carboxylic acid groups (broad SMARTS) is 1. The third-order valence-corrected chi connectivity index (χ3v) is 4.16. The molecule has 0 aliphatic heterocycles. The molecule has 0 saturated heterocycles. The number of likely N-dealkylation sites (N-methyl/N-ethyl adjacent to an activating group) is 1. The van der Waals surface area contributed by atoms with Crippen molar-refractivity contribution in [2.75, 3.05) is 53.2 Å². The van der Waals surface area contributed by atoms with Crippen molar-refractivity contribution in [1.82, 2.24) is 9.21 Å². The highest BCUT2D eigenvalue weighted by Crippen LogP contribution is 2.04. The first-order valence-corrected chi connectivity index (χ1v) is 7.24. The molecule has 0 aromatic heterocycles. The van der Waals surface area contributed by atoms with E-state index in [1.807, 2.05) is 0 Å². The van der Waals surface area contributed by atoms with Crippen molar-refractivity contribution in [1.29, 1.82) is 0 Å². The van der Waals surface area contributed by atoms with Crippen LogP contribution in [0.2, 0.25) is 0 Å². The van der Waals surface area contributed by atoms with Crippen LogP contribution in [0.15, 0.2) is 0 Å². The minimum Gasteiger partial charge on any atom is -0.480 e. The fourth-order valence-corrected chi connectivity index (χ4v) is 2.70. The number of carboxylic acids is 1. The van der Waals surface area contributed by atoms with E-state index < -0.39 is 22.5 Å². The van der Waals surface area contributed by atoms with E-state index in [0.717, 1.165) is 4.31 Å². The molecule has 7 nitrogen and oxygen atoms in total. The van der Waals surface area contributed by atoms with Gasteiger partial charge >= 0.3 is 5.97 Å². The Kier molecular flexibility index (Phi) is 8.08. The number of carbonyl (C=O) groups is 1. The molecule has 0 bridgehead atoms. The highest BCUT2D eigenvalue weighted by molar-refractivity contribution is 7.89. The summed E-state index contributed by atoms with van der Waals surface area (Å²) < 4.78 is 29.7. The molecule has 18 heavy (non-hydrogen) atoms. The van der Waals surface area contributed by atoms with E-state index in [1.54, 1.807) is 19.0 Å². The van der Waals surface area contributed by atoms with Crippen molar-refractivity contribution in [3.8, 4) is 0 Å². The maximum Gasteiger partial charge on any atom is 0.318 e. The van der Waals surface area contributed by atoms with Gasteiger partial charge in [0.15, 0.2) is 0 Å². The molecule has 8 heteroatoms. The summed E-state index contributed by atoms with van der Waals surface area (Å²) in [4.78, 5) is 12.5. The summed E-state index contributed by atoms with van der Waals surface area (Å²) in [6.45, 7) is 0.502. The van der Waals surface area contributed by atoms with E-state index in [0.29, 0.717) is 19.6 Å². The molecule has 1 N–H and O–H groups in total. The van der Waals surface area contributed by atoms with Gasteiger partial charge in [-0.15, -0.1) is 0 Å². The zero-order valence-corrected chi connectivity index (χ0v) is 11.9. The molecule has 108 valence electrons. The average molecular weight is 282 g/mol. The van der Waals surface area contributed by atoms with Gasteiger partial charge in [0.25, 0.3) is 0 Å². The Bertz CT molecular complexity index is 342. The van der Waals surface area contributed by atoms with Crippen molar-refractivity contribution < 1.29 is 23.1 Å². The normalized spacial score (nSPS) is 12.3. The summed E-state index contributed by atoms with van der Waals surface area (Å²) in [5, 5.41) is 8.74. The third-order valence-electron chi connectivity index (χ3n) is 2.25. The number of sulfonamides is 1. The molecule has 0 rings (SSSR count). The Balaban J connectivity index is 4.55. The maximum absolute atomic E-state index is 11.9. The van der Waals surface area contributed by atoms with Gasteiger partial charge in [0.05, 0.1) is 5.75 Å². The number of hydrogen-bond donors (Lipinski definition) is 1. The average Bonchev–Trinajstić information content (AvgIpc) is 2.23. The van der Waals surface area contributed by atoms with Gasteiger partial charge in [0.1, 0.15) is 6.54 Å².